The Labute approximate surface area is 332 Å². The number of hydrogen-bond acceptors (Lipinski definition) is 2. The SMILES string of the molecule is CC1(C)c2ccccc2-c2cc3c(cc21)N(c1ccc2c(c1)C(C)(C)c1cc4c(cc1N2c1ccccc1)C(C)(C)c1ccccc1-4)c1ccccc1C3(C)C. The van der Waals surface area contributed by atoms with Gasteiger partial charge in [-0.3, -0.25) is 0 Å². The van der Waals surface area contributed by atoms with E-state index in [4.69, 9.17) is 0 Å². The molecule has 0 atom stereocenters. The molecule has 0 fully saturated rings. The van der Waals surface area contributed by atoms with Crippen molar-refractivity contribution in [3.63, 3.8) is 0 Å². The maximum atomic E-state index is 2.56. The maximum absolute atomic E-state index is 2.56. The number of anilines is 6. The molecule has 0 amide bonds. The Morgan fingerprint density at radius 2 is 0.679 bits per heavy atom. The molecule has 0 spiro atoms. The number of fused-ring (bicyclic) bond motifs is 10. The molecular weight excluding hydrogens is 677 g/mol. The summed E-state index contributed by atoms with van der Waals surface area (Å²) in [5.74, 6) is 0. The van der Waals surface area contributed by atoms with E-state index in [-0.39, 0.29) is 21.7 Å². The van der Waals surface area contributed by atoms with Crippen LogP contribution in [0.5, 0.6) is 0 Å². The van der Waals surface area contributed by atoms with Gasteiger partial charge in [0.25, 0.3) is 0 Å². The molecule has 0 saturated heterocycles. The van der Waals surface area contributed by atoms with Crippen molar-refractivity contribution in [2.24, 2.45) is 0 Å². The van der Waals surface area contributed by atoms with Crippen molar-refractivity contribution in [1.29, 1.82) is 0 Å². The van der Waals surface area contributed by atoms with Crippen LogP contribution in [0.4, 0.5) is 34.1 Å². The first-order chi connectivity index (χ1) is 26.8. The van der Waals surface area contributed by atoms with E-state index in [1.54, 1.807) is 0 Å². The van der Waals surface area contributed by atoms with Crippen molar-refractivity contribution in [2.45, 2.75) is 77.0 Å². The first-order valence-corrected chi connectivity index (χ1v) is 20.3. The minimum absolute atomic E-state index is 0.0868. The van der Waals surface area contributed by atoms with E-state index in [2.05, 4.69) is 211 Å². The zero-order valence-electron chi connectivity index (χ0n) is 33.8. The summed E-state index contributed by atoms with van der Waals surface area (Å²) in [6.07, 6.45) is 0. The molecule has 274 valence electrons. The maximum Gasteiger partial charge on any atom is 0.0506 e. The minimum Gasteiger partial charge on any atom is -0.310 e. The van der Waals surface area contributed by atoms with E-state index in [0.29, 0.717) is 0 Å². The lowest BCUT2D eigenvalue weighted by Crippen LogP contribution is -2.33. The van der Waals surface area contributed by atoms with Gasteiger partial charge >= 0.3 is 0 Å². The van der Waals surface area contributed by atoms with E-state index in [0.717, 1.165) is 0 Å². The molecule has 2 aliphatic heterocycles. The van der Waals surface area contributed by atoms with Gasteiger partial charge in [0.2, 0.25) is 0 Å². The summed E-state index contributed by atoms with van der Waals surface area (Å²) in [5, 5.41) is 0. The molecular formula is C54H48N2. The molecule has 56 heavy (non-hydrogen) atoms. The second kappa shape index (κ2) is 10.9. The summed E-state index contributed by atoms with van der Waals surface area (Å²) in [6, 6.07) is 55.4. The van der Waals surface area contributed by atoms with Gasteiger partial charge in [-0.05, 0) is 127 Å². The zero-order valence-corrected chi connectivity index (χ0v) is 33.8. The Hall–Kier alpha value is -5.86. The smallest absolute Gasteiger partial charge is 0.0506 e. The number of nitrogens with zero attached hydrogens (tertiary/aromatic N) is 2. The van der Waals surface area contributed by atoms with Gasteiger partial charge in [-0.25, -0.2) is 0 Å². The molecule has 0 radical (unpaired) electrons. The third kappa shape index (κ3) is 4.17. The molecule has 0 N–H and O–H groups in total. The van der Waals surface area contributed by atoms with E-state index in [9.17, 15) is 0 Å². The van der Waals surface area contributed by atoms with E-state index >= 15 is 0 Å². The Balaban J connectivity index is 1.16. The lowest BCUT2D eigenvalue weighted by atomic mass is 9.70. The van der Waals surface area contributed by atoms with Gasteiger partial charge in [0.15, 0.2) is 0 Å². The molecule has 2 nitrogen and oxygen atoms in total. The highest BCUT2D eigenvalue weighted by Crippen LogP contribution is 2.61. The van der Waals surface area contributed by atoms with Gasteiger partial charge in [-0.2, -0.15) is 0 Å². The second-order valence-electron chi connectivity index (χ2n) is 18.6. The third-order valence-electron chi connectivity index (χ3n) is 14.2. The van der Waals surface area contributed by atoms with E-state index in [1.165, 1.54) is 101 Å². The highest BCUT2D eigenvalue weighted by atomic mass is 15.2. The fourth-order valence-electron chi connectivity index (χ4n) is 11.1. The van der Waals surface area contributed by atoms with Crippen LogP contribution < -0.4 is 9.80 Å². The van der Waals surface area contributed by atoms with Crippen LogP contribution in [-0.2, 0) is 21.7 Å². The van der Waals surface area contributed by atoms with Gasteiger partial charge in [-0.15, -0.1) is 0 Å². The summed E-state index contributed by atoms with van der Waals surface area (Å²) in [4.78, 5) is 5.09. The molecule has 2 heteroatoms. The fourth-order valence-corrected chi connectivity index (χ4v) is 11.1. The van der Waals surface area contributed by atoms with Crippen molar-refractivity contribution >= 4 is 34.1 Å². The van der Waals surface area contributed by atoms with Crippen molar-refractivity contribution in [3.8, 4) is 22.3 Å². The van der Waals surface area contributed by atoms with Crippen LogP contribution in [0, 0.1) is 0 Å². The van der Waals surface area contributed by atoms with Crippen molar-refractivity contribution < 1.29 is 0 Å². The topological polar surface area (TPSA) is 6.48 Å². The lowest BCUT2D eigenvalue weighted by Gasteiger charge is -2.45. The van der Waals surface area contributed by atoms with Crippen molar-refractivity contribution in [2.75, 3.05) is 9.80 Å². The summed E-state index contributed by atoms with van der Waals surface area (Å²) in [6.45, 7) is 19.2. The summed E-state index contributed by atoms with van der Waals surface area (Å²) in [5.41, 5.74) is 23.3. The fraction of sp³-hybridized carbons (Fsp3) is 0.222. The molecule has 0 unspecified atom stereocenters. The average molecular weight is 725 g/mol. The molecule has 2 heterocycles. The molecule has 4 aliphatic rings. The van der Waals surface area contributed by atoms with Gasteiger partial charge in [0.1, 0.15) is 0 Å². The number of hydrogen-bond donors (Lipinski definition) is 0. The average Bonchev–Trinajstić information content (AvgIpc) is 3.56. The van der Waals surface area contributed by atoms with Gasteiger partial charge < -0.3 is 9.80 Å². The first kappa shape index (κ1) is 33.5. The number of para-hydroxylation sites is 2. The van der Waals surface area contributed by atoms with Gasteiger partial charge in [0.05, 0.1) is 22.7 Å². The van der Waals surface area contributed by atoms with Crippen LogP contribution in [0.3, 0.4) is 0 Å². The molecule has 0 aromatic heterocycles. The van der Waals surface area contributed by atoms with Crippen LogP contribution in [0.1, 0.15) is 99.9 Å². The molecule has 0 bridgehead atoms. The monoisotopic (exact) mass is 724 g/mol. The molecule has 2 aliphatic carbocycles. The lowest BCUT2D eigenvalue weighted by molar-refractivity contribution is 0.624. The summed E-state index contributed by atoms with van der Waals surface area (Å²) in [7, 11) is 0. The summed E-state index contributed by atoms with van der Waals surface area (Å²) >= 11 is 0. The minimum atomic E-state index is -0.276. The highest BCUT2D eigenvalue weighted by Gasteiger charge is 2.45. The Kier molecular flexibility index (Phi) is 6.53. The second-order valence-corrected chi connectivity index (χ2v) is 18.6. The molecule has 11 rings (SSSR count). The predicted octanol–water partition coefficient (Wildman–Crippen LogP) is 14.5. The van der Waals surface area contributed by atoms with E-state index in [1.807, 2.05) is 0 Å². The van der Waals surface area contributed by atoms with Gasteiger partial charge in [0, 0.05) is 33.0 Å². The number of rotatable bonds is 2. The Morgan fingerprint density at radius 1 is 0.268 bits per heavy atom. The molecule has 7 aromatic rings. The summed E-state index contributed by atoms with van der Waals surface area (Å²) < 4.78 is 0. The van der Waals surface area contributed by atoms with Crippen LogP contribution in [0.15, 0.2) is 146 Å². The van der Waals surface area contributed by atoms with Crippen LogP contribution >= 0.6 is 0 Å². The van der Waals surface area contributed by atoms with Gasteiger partial charge in [-0.1, -0.05) is 140 Å². The Bertz CT molecular complexity index is 2820. The largest absolute Gasteiger partial charge is 0.310 e. The molecule has 0 saturated carbocycles. The quantitative estimate of drug-likeness (QED) is 0.175. The number of benzene rings is 7. The predicted molar refractivity (Wildman–Crippen MR) is 235 cm³/mol. The van der Waals surface area contributed by atoms with Crippen LogP contribution in [0.25, 0.3) is 22.3 Å². The standard InChI is InChI=1S/C54H48N2/c1-51(2)40-23-15-13-21-36(40)38-30-46-49(31-42(38)51)55(33-18-10-9-11-19-33)48-27-26-34(28-44(48)54(46,7)8)56-47-25-17-16-24-41(47)53(5,6)45-29-37-35-20-12-14-22-39(35)52(3,4)43(37)32-50(45)56/h9-32H,1-8H3. The zero-order chi connectivity index (χ0) is 38.5. The van der Waals surface area contributed by atoms with Crippen LogP contribution in [-0.4, -0.2) is 0 Å². The van der Waals surface area contributed by atoms with E-state index < -0.39 is 0 Å². The van der Waals surface area contributed by atoms with Crippen LogP contribution in [0.2, 0.25) is 0 Å². The third-order valence-corrected chi connectivity index (χ3v) is 14.2. The molecule has 7 aromatic carbocycles. The first-order valence-electron chi connectivity index (χ1n) is 20.3. The normalized spacial score (nSPS) is 17.8. The van der Waals surface area contributed by atoms with Crippen molar-refractivity contribution in [3.05, 3.63) is 190 Å². The Morgan fingerprint density at radius 3 is 1.25 bits per heavy atom. The van der Waals surface area contributed by atoms with Crippen molar-refractivity contribution in [1.82, 2.24) is 0 Å². The highest BCUT2D eigenvalue weighted by molar-refractivity contribution is 5.95.